The minimum atomic E-state index is -0.391. The summed E-state index contributed by atoms with van der Waals surface area (Å²) < 4.78 is 9.89. The van der Waals surface area contributed by atoms with Gasteiger partial charge in [-0.3, -0.25) is 9.69 Å². The molecular formula is C13H16N2O4. The summed E-state index contributed by atoms with van der Waals surface area (Å²) >= 11 is 0. The Morgan fingerprint density at radius 2 is 2.21 bits per heavy atom. The van der Waals surface area contributed by atoms with Crippen molar-refractivity contribution in [1.82, 2.24) is 5.32 Å². The summed E-state index contributed by atoms with van der Waals surface area (Å²) in [5.74, 6) is -0.225. The molecule has 1 saturated heterocycles. The van der Waals surface area contributed by atoms with Gasteiger partial charge in [0.2, 0.25) is 5.91 Å². The van der Waals surface area contributed by atoms with E-state index >= 15 is 0 Å². The summed E-state index contributed by atoms with van der Waals surface area (Å²) in [5, 5.41) is 2.65. The van der Waals surface area contributed by atoms with E-state index in [1.165, 1.54) is 7.11 Å². The number of cyclic esters (lactones) is 1. The van der Waals surface area contributed by atoms with Crippen molar-refractivity contribution in [3.05, 3.63) is 30.3 Å². The Bertz CT molecular complexity index is 449. The molecule has 0 unspecified atom stereocenters. The molecule has 6 nitrogen and oxygen atoms in total. The minimum absolute atomic E-state index is 0.00304. The van der Waals surface area contributed by atoms with Crippen molar-refractivity contribution < 1.29 is 19.1 Å². The Hall–Kier alpha value is -2.08. The predicted octanol–water partition coefficient (Wildman–Crippen LogP) is 0.774. The minimum Gasteiger partial charge on any atom is -0.442 e. The molecule has 1 aromatic rings. The highest BCUT2D eigenvalue weighted by Gasteiger charge is 2.32. The maximum atomic E-state index is 11.7. The van der Waals surface area contributed by atoms with Crippen LogP contribution in [-0.2, 0) is 14.3 Å². The van der Waals surface area contributed by atoms with E-state index in [0.29, 0.717) is 6.54 Å². The van der Waals surface area contributed by atoms with Crippen LogP contribution in [-0.4, -0.2) is 44.9 Å². The molecule has 1 fully saturated rings. The van der Waals surface area contributed by atoms with Crippen LogP contribution in [0.15, 0.2) is 30.3 Å². The van der Waals surface area contributed by atoms with Crippen LogP contribution >= 0.6 is 0 Å². The van der Waals surface area contributed by atoms with E-state index in [9.17, 15) is 9.59 Å². The smallest absolute Gasteiger partial charge is 0.414 e. The molecule has 19 heavy (non-hydrogen) atoms. The van der Waals surface area contributed by atoms with E-state index in [1.54, 1.807) is 4.90 Å². The zero-order valence-corrected chi connectivity index (χ0v) is 10.7. The van der Waals surface area contributed by atoms with Crippen LogP contribution in [0.25, 0.3) is 0 Å². The lowest BCUT2D eigenvalue weighted by atomic mass is 10.2. The monoisotopic (exact) mass is 264 g/mol. The summed E-state index contributed by atoms with van der Waals surface area (Å²) in [6.45, 7) is 0.719. The first-order valence-electron chi connectivity index (χ1n) is 5.99. The molecule has 0 aliphatic carbocycles. The van der Waals surface area contributed by atoms with Crippen LogP contribution in [0, 0.1) is 0 Å². The molecule has 1 aromatic carbocycles. The van der Waals surface area contributed by atoms with Gasteiger partial charge < -0.3 is 14.8 Å². The first-order chi connectivity index (χ1) is 9.20. The SMILES string of the molecule is COCC(=O)NC[C@H]1CN(c2ccccc2)C(=O)O1. The summed E-state index contributed by atoms with van der Waals surface area (Å²) in [7, 11) is 1.45. The Kier molecular flexibility index (Phi) is 4.35. The average Bonchev–Trinajstić information content (AvgIpc) is 2.79. The molecule has 1 aliphatic rings. The van der Waals surface area contributed by atoms with Crippen LogP contribution in [0.4, 0.5) is 10.5 Å². The molecule has 0 bridgehead atoms. The topological polar surface area (TPSA) is 67.9 Å². The lowest BCUT2D eigenvalue weighted by Gasteiger charge is -2.12. The van der Waals surface area contributed by atoms with Gasteiger partial charge in [-0.1, -0.05) is 18.2 Å². The molecule has 0 aromatic heterocycles. The second-order valence-corrected chi connectivity index (χ2v) is 4.19. The number of anilines is 1. The first-order valence-corrected chi connectivity index (χ1v) is 5.99. The van der Waals surface area contributed by atoms with Crippen molar-refractivity contribution in [2.45, 2.75) is 6.10 Å². The van der Waals surface area contributed by atoms with Crippen LogP contribution in [0.2, 0.25) is 0 Å². The van der Waals surface area contributed by atoms with Gasteiger partial charge in [0.15, 0.2) is 0 Å². The van der Waals surface area contributed by atoms with Gasteiger partial charge in [-0.2, -0.15) is 0 Å². The Labute approximate surface area is 111 Å². The van der Waals surface area contributed by atoms with Crippen molar-refractivity contribution in [3.8, 4) is 0 Å². The Morgan fingerprint density at radius 1 is 1.47 bits per heavy atom. The molecule has 6 heteroatoms. The summed E-state index contributed by atoms with van der Waals surface area (Å²) in [4.78, 5) is 24.5. The number of rotatable bonds is 5. The second-order valence-electron chi connectivity index (χ2n) is 4.19. The molecule has 0 spiro atoms. The van der Waals surface area contributed by atoms with Gasteiger partial charge in [0.25, 0.3) is 0 Å². The lowest BCUT2D eigenvalue weighted by Crippen LogP contribution is -2.36. The van der Waals surface area contributed by atoms with Crippen molar-refractivity contribution >= 4 is 17.7 Å². The normalized spacial score (nSPS) is 18.3. The first kappa shape index (κ1) is 13.4. The van der Waals surface area contributed by atoms with E-state index in [-0.39, 0.29) is 25.2 Å². The van der Waals surface area contributed by atoms with E-state index in [0.717, 1.165) is 5.69 Å². The van der Waals surface area contributed by atoms with Crippen molar-refractivity contribution in [3.63, 3.8) is 0 Å². The zero-order valence-electron chi connectivity index (χ0n) is 10.7. The Morgan fingerprint density at radius 3 is 2.89 bits per heavy atom. The highest BCUT2D eigenvalue weighted by Crippen LogP contribution is 2.20. The van der Waals surface area contributed by atoms with Crippen molar-refractivity contribution in [2.24, 2.45) is 0 Å². The number of hydrogen-bond donors (Lipinski definition) is 1. The van der Waals surface area contributed by atoms with Gasteiger partial charge in [-0.25, -0.2) is 4.79 Å². The van der Waals surface area contributed by atoms with Gasteiger partial charge >= 0.3 is 6.09 Å². The fourth-order valence-electron chi connectivity index (χ4n) is 1.86. The van der Waals surface area contributed by atoms with Gasteiger partial charge in [-0.05, 0) is 12.1 Å². The van der Waals surface area contributed by atoms with Crippen LogP contribution in [0.3, 0.4) is 0 Å². The summed E-state index contributed by atoms with van der Waals surface area (Å²) in [5.41, 5.74) is 0.790. The lowest BCUT2D eigenvalue weighted by molar-refractivity contribution is -0.125. The van der Waals surface area contributed by atoms with Crippen LogP contribution < -0.4 is 10.2 Å². The number of carbonyl (C=O) groups excluding carboxylic acids is 2. The number of para-hydroxylation sites is 1. The predicted molar refractivity (Wildman–Crippen MR) is 68.9 cm³/mol. The zero-order chi connectivity index (χ0) is 13.7. The molecule has 1 heterocycles. The third-order valence-electron chi connectivity index (χ3n) is 2.74. The summed E-state index contributed by atoms with van der Waals surface area (Å²) in [6.07, 6.45) is -0.731. The quantitative estimate of drug-likeness (QED) is 0.853. The van der Waals surface area contributed by atoms with Crippen LogP contribution in [0.1, 0.15) is 0 Å². The van der Waals surface area contributed by atoms with Gasteiger partial charge in [-0.15, -0.1) is 0 Å². The number of amides is 2. The van der Waals surface area contributed by atoms with Crippen molar-refractivity contribution in [1.29, 1.82) is 0 Å². The number of carbonyl (C=O) groups is 2. The van der Waals surface area contributed by atoms with E-state index < -0.39 is 6.09 Å². The molecular weight excluding hydrogens is 248 g/mol. The number of benzene rings is 1. The molecule has 0 radical (unpaired) electrons. The van der Waals surface area contributed by atoms with Gasteiger partial charge in [0.05, 0.1) is 13.1 Å². The third-order valence-corrected chi connectivity index (χ3v) is 2.74. The van der Waals surface area contributed by atoms with Gasteiger partial charge in [0.1, 0.15) is 12.7 Å². The largest absolute Gasteiger partial charge is 0.442 e. The maximum Gasteiger partial charge on any atom is 0.414 e. The second kappa shape index (κ2) is 6.19. The average molecular weight is 264 g/mol. The highest BCUT2D eigenvalue weighted by molar-refractivity contribution is 5.89. The van der Waals surface area contributed by atoms with Gasteiger partial charge in [0, 0.05) is 12.8 Å². The molecule has 0 saturated carbocycles. The number of methoxy groups -OCH3 is 1. The highest BCUT2D eigenvalue weighted by atomic mass is 16.6. The molecule has 1 atom stereocenters. The van der Waals surface area contributed by atoms with E-state index in [4.69, 9.17) is 9.47 Å². The molecule has 1 aliphatic heterocycles. The number of nitrogens with zero attached hydrogens (tertiary/aromatic N) is 1. The fraction of sp³-hybridized carbons (Fsp3) is 0.385. The Balaban J connectivity index is 1.88. The molecule has 102 valence electrons. The summed E-state index contributed by atoms with van der Waals surface area (Å²) in [6, 6.07) is 9.28. The van der Waals surface area contributed by atoms with Crippen LogP contribution in [0.5, 0.6) is 0 Å². The molecule has 2 amide bonds. The third kappa shape index (κ3) is 3.45. The standard InChI is InChI=1S/C13H16N2O4/c1-18-9-12(16)14-7-11-8-15(13(17)19-11)10-5-3-2-4-6-10/h2-6,11H,7-9H2,1H3,(H,14,16)/t11-/m0/s1. The molecule has 1 N–H and O–H groups in total. The number of hydrogen-bond acceptors (Lipinski definition) is 4. The van der Waals surface area contributed by atoms with Crippen molar-refractivity contribution in [2.75, 3.05) is 31.7 Å². The number of ether oxygens (including phenoxy) is 2. The number of nitrogens with one attached hydrogen (secondary N) is 1. The molecule has 2 rings (SSSR count). The fourth-order valence-corrected chi connectivity index (χ4v) is 1.86. The van der Waals surface area contributed by atoms with E-state index in [1.807, 2.05) is 30.3 Å². The maximum absolute atomic E-state index is 11.7. The van der Waals surface area contributed by atoms with E-state index in [2.05, 4.69) is 5.32 Å².